The number of rotatable bonds is 6. The topological polar surface area (TPSA) is 71.3 Å². The summed E-state index contributed by atoms with van der Waals surface area (Å²) in [5.74, 6) is -0.169. The number of nitrogens with one attached hydrogen (secondary N) is 2. The summed E-state index contributed by atoms with van der Waals surface area (Å²) in [6.45, 7) is 2.78. The van der Waals surface area contributed by atoms with Gasteiger partial charge < -0.3 is 15.1 Å². The van der Waals surface area contributed by atoms with Gasteiger partial charge in [0.15, 0.2) is 5.76 Å². The van der Waals surface area contributed by atoms with Crippen molar-refractivity contribution in [1.29, 1.82) is 0 Å². The maximum absolute atomic E-state index is 11.7. The number of amides is 2. The fraction of sp³-hybridized carbons (Fsp3) is 0.250. The maximum Gasteiger partial charge on any atom is 0.286 e. The molecule has 2 amide bonds. The largest absolute Gasteiger partial charge is 0.459 e. The average Bonchev–Trinajstić information content (AvgIpc) is 2.99. The van der Waals surface area contributed by atoms with Crippen molar-refractivity contribution in [3.8, 4) is 0 Å². The lowest BCUT2D eigenvalue weighted by atomic mass is 10.1. The van der Waals surface area contributed by atoms with Gasteiger partial charge in [-0.2, -0.15) is 0 Å². The van der Waals surface area contributed by atoms with Gasteiger partial charge in [0.2, 0.25) is 5.91 Å². The molecule has 0 saturated carbocycles. The third kappa shape index (κ3) is 4.80. The average molecular weight is 286 g/mol. The fourth-order valence-electron chi connectivity index (χ4n) is 1.90. The molecule has 0 aliphatic heterocycles. The van der Waals surface area contributed by atoms with Gasteiger partial charge in [-0.1, -0.05) is 29.8 Å². The number of carbonyl (C=O) groups is 2. The minimum Gasteiger partial charge on any atom is -0.459 e. The van der Waals surface area contributed by atoms with E-state index in [-0.39, 0.29) is 30.5 Å². The first-order valence-electron chi connectivity index (χ1n) is 6.79. The zero-order chi connectivity index (χ0) is 15.1. The lowest BCUT2D eigenvalue weighted by Gasteiger charge is -2.06. The highest BCUT2D eigenvalue weighted by molar-refractivity contribution is 5.91. The van der Waals surface area contributed by atoms with E-state index in [1.807, 2.05) is 31.2 Å². The summed E-state index contributed by atoms with van der Waals surface area (Å²) in [6, 6.07) is 11.2. The number of hydrogen-bond acceptors (Lipinski definition) is 3. The molecule has 2 N–H and O–H groups in total. The van der Waals surface area contributed by atoms with Crippen molar-refractivity contribution in [3.05, 3.63) is 59.5 Å². The van der Waals surface area contributed by atoms with Crippen LogP contribution in [0.5, 0.6) is 0 Å². The van der Waals surface area contributed by atoms with Crippen molar-refractivity contribution in [1.82, 2.24) is 10.6 Å². The van der Waals surface area contributed by atoms with Crippen LogP contribution in [0.15, 0.2) is 47.1 Å². The Morgan fingerprint density at radius 1 is 1.14 bits per heavy atom. The van der Waals surface area contributed by atoms with Crippen molar-refractivity contribution < 1.29 is 14.0 Å². The van der Waals surface area contributed by atoms with Gasteiger partial charge >= 0.3 is 0 Å². The molecule has 2 aromatic rings. The zero-order valence-electron chi connectivity index (χ0n) is 11.9. The minimum absolute atomic E-state index is 0.101. The summed E-state index contributed by atoms with van der Waals surface area (Å²) in [4.78, 5) is 23.3. The second kappa shape index (κ2) is 7.28. The first kappa shape index (κ1) is 14.8. The third-order valence-electron chi connectivity index (χ3n) is 2.95. The molecule has 0 fully saturated rings. The summed E-state index contributed by atoms with van der Waals surface area (Å²) in [6.07, 6.45) is 1.67. The van der Waals surface area contributed by atoms with Crippen molar-refractivity contribution in [3.63, 3.8) is 0 Å². The first-order chi connectivity index (χ1) is 10.1. The molecule has 110 valence electrons. The Balaban J connectivity index is 1.67. The molecule has 0 atom stereocenters. The standard InChI is InChI=1S/C16H18N2O3/c1-12-4-2-5-13(10-12)11-18-15(19)7-8-17-16(20)14-6-3-9-21-14/h2-6,9-10H,7-8,11H2,1H3,(H,17,20)(H,18,19). The molecule has 0 saturated heterocycles. The van der Waals surface area contributed by atoms with Crippen LogP contribution in [-0.4, -0.2) is 18.4 Å². The highest BCUT2D eigenvalue weighted by Gasteiger charge is 2.08. The second-order valence-electron chi connectivity index (χ2n) is 4.75. The Hall–Kier alpha value is -2.56. The normalized spacial score (nSPS) is 10.1. The Kier molecular flexibility index (Phi) is 5.15. The van der Waals surface area contributed by atoms with Crippen LogP contribution in [0.2, 0.25) is 0 Å². The smallest absolute Gasteiger partial charge is 0.286 e. The van der Waals surface area contributed by atoms with Crippen LogP contribution in [0.1, 0.15) is 28.1 Å². The van der Waals surface area contributed by atoms with E-state index < -0.39 is 0 Å². The van der Waals surface area contributed by atoms with E-state index in [1.54, 1.807) is 12.1 Å². The van der Waals surface area contributed by atoms with Crippen LogP contribution in [0.4, 0.5) is 0 Å². The lowest BCUT2D eigenvalue weighted by molar-refractivity contribution is -0.121. The summed E-state index contributed by atoms with van der Waals surface area (Å²) in [7, 11) is 0. The molecule has 0 spiro atoms. The highest BCUT2D eigenvalue weighted by Crippen LogP contribution is 2.03. The molecule has 1 aromatic heterocycles. The first-order valence-corrected chi connectivity index (χ1v) is 6.79. The Morgan fingerprint density at radius 3 is 2.71 bits per heavy atom. The zero-order valence-corrected chi connectivity index (χ0v) is 11.9. The number of carbonyl (C=O) groups excluding carboxylic acids is 2. The van der Waals surface area contributed by atoms with E-state index in [1.165, 1.54) is 6.26 Å². The Labute approximate surface area is 123 Å². The van der Waals surface area contributed by atoms with Crippen molar-refractivity contribution in [2.24, 2.45) is 0 Å². The van der Waals surface area contributed by atoms with E-state index in [4.69, 9.17) is 4.42 Å². The van der Waals surface area contributed by atoms with Gasteiger partial charge in [-0.15, -0.1) is 0 Å². The summed E-state index contributed by atoms with van der Waals surface area (Å²) >= 11 is 0. The Bertz CT molecular complexity index is 606. The van der Waals surface area contributed by atoms with Gasteiger partial charge in [-0.25, -0.2) is 0 Å². The molecular formula is C16H18N2O3. The molecular weight excluding hydrogens is 268 g/mol. The van der Waals surface area contributed by atoms with Crippen molar-refractivity contribution in [2.75, 3.05) is 6.54 Å². The van der Waals surface area contributed by atoms with Crippen molar-refractivity contribution in [2.45, 2.75) is 19.9 Å². The quantitative estimate of drug-likeness (QED) is 0.853. The van der Waals surface area contributed by atoms with Gasteiger partial charge in [0.1, 0.15) is 0 Å². The fourth-order valence-corrected chi connectivity index (χ4v) is 1.90. The van der Waals surface area contributed by atoms with E-state index in [0.29, 0.717) is 6.54 Å². The van der Waals surface area contributed by atoms with Gasteiger partial charge in [-0.3, -0.25) is 9.59 Å². The molecule has 2 rings (SSSR count). The summed E-state index contributed by atoms with van der Waals surface area (Å²) < 4.78 is 4.96. The number of benzene rings is 1. The van der Waals surface area contributed by atoms with Crippen LogP contribution < -0.4 is 10.6 Å². The molecule has 0 radical (unpaired) electrons. The summed E-state index contributed by atoms with van der Waals surface area (Å²) in [5, 5.41) is 5.45. The molecule has 0 bridgehead atoms. The lowest BCUT2D eigenvalue weighted by Crippen LogP contribution is -2.30. The van der Waals surface area contributed by atoms with Crippen LogP contribution in [0.25, 0.3) is 0 Å². The number of hydrogen-bond donors (Lipinski definition) is 2. The van der Waals surface area contributed by atoms with Gasteiger partial charge in [0.05, 0.1) is 6.26 Å². The van der Waals surface area contributed by atoms with E-state index >= 15 is 0 Å². The van der Waals surface area contributed by atoms with Crippen LogP contribution in [0, 0.1) is 6.92 Å². The summed E-state index contributed by atoms with van der Waals surface area (Å²) in [5.41, 5.74) is 2.22. The van der Waals surface area contributed by atoms with Crippen LogP contribution in [-0.2, 0) is 11.3 Å². The van der Waals surface area contributed by atoms with Crippen molar-refractivity contribution >= 4 is 11.8 Å². The van der Waals surface area contributed by atoms with E-state index in [0.717, 1.165) is 11.1 Å². The number of aryl methyl sites for hydroxylation is 1. The van der Waals surface area contributed by atoms with Crippen LogP contribution in [0.3, 0.4) is 0 Å². The molecule has 0 aliphatic carbocycles. The molecule has 5 heteroatoms. The van der Waals surface area contributed by atoms with E-state index in [9.17, 15) is 9.59 Å². The van der Waals surface area contributed by atoms with Gasteiger partial charge in [-0.05, 0) is 24.6 Å². The van der Waals surface area contributed by atoms with E-state index in [2.05, 4.69) is 10.6 Å². The predicted octanol–water partition coefficient (Wildman–Crippen LogP) is 2.02. The molecule has 1 heterocycles. The SMILES string of the molecule is Cc1cccc(CNC(=O)CCNC(=O)c2ccco2)c1. The highest BCUT2D eigenvalue weighted by atomic mass is 16.3. The monoisotopic (exact) mass is 286 g/mol. The molecule has 1 aromatic carbocycles. The van der Waals surface area contributed by atoms with Gasteiger partial charge in [0.25, 0.3) is 5.91 Å². The minimum atomic E-state index is -0.313. The predicted molar refractivity (Wildman–Crippen MR) is 78.7 cm³/mol. The molecule has 5 nitrogen and oxygen atoms in total. The second-order valence-corrected chi connectivity index (χ2v) is 4.75. The maximum atomic E-state index is 11.7. The number of furan rings is 1. The molecule has 0 aliphatic rings. The third-order valence-corrected chi connectivity index (χ3v) is 2.95. The van der Waals surface area contributed by atoms with Gasteiger partial charge in [0, 0.05) is 19.5 Å². The van der Waals surface area contributed by atoms with Crippen LogP contribution >= 0.6 is 0 Å². The Morgan fingerprint density at radius 2 is 2.00 bits per heavy atom. The molecule has 0 unspecified atom stereocenters. The molecule has 21 heavy (non-hydrogen) atoms.